The first-order valence-corrected chi connectivity index (χ1v) is 6.12. The highest BCUT2D eigenvalue weighted by atomic mass is 16.5. The van der Waals surface area contributed by atoms with Crippen LogP contribution in [0.1, 0.15) is 17.2 Å². The molecule has 1 saturated heterocycles. The van der Waals surface area contributed by atoms with Crippen molar-refractivity contribution in [1.29, 1.82) is 0 Å². The number of methoxy groups -OCH3 is 1. The van der Waals surface area contributed by atoms with E-state index < -0.39 is 11.8 Å². The number of ether oxygens (including phenoxy) is 1. The van der Waals surface area contributed by atoms with Crippen molar-refractivity contribution in [2.45, 2.75) is 13.0 Å². The third kappa shape index (κ3) is 2.28. The molecule has 1 heterocycles. The van der Waals surface area contributed by atoms with Crippen LogP contribution in [0.2, 0.25) is 0 Å². The molecule has 1 aliphatic rings. The molecule has 1 aromatic rings. The summed E-state index contributed by atoms with van der Waals surface area (Å²) >= 11 is 0. The van der Waals surface area contributed by atoms with Crippen LogP contribution in [0.5, 0.6) is 5.75 Å². The van der Waals surface area contributed by atoms with Gasteiger partial charge in [-0.15, -0.1) is 0 Å². The van der Waals surface area contributed by atoms with E-state index >= 15 is 0 Å². The van der Waals surface area contributed by atoms with Crippen LogP contribution in [-0.4, -0.2) is 49.4 Å². The average Bonchev–Trinajstić information content (AvgIpc) is 2.40. The molecule has 102 valence electrons. The minimum atomic E-state index is -0.484. The molecule has 5 nitrogen and oxygen atoms in total. The van der Waals surface area contributed by atoms with Gasteiger partial charge in [0.25, 0.3) is 0 Å². The Balaban J connectivity index is 2.43. The third-order valence-corrected chi connectivity index (χ3v) is 3.51. The van der Waals surface area contributed by atoms with Crippen molar-refractivity contribution in [3.8, 4) is 5.75 Å². The maximum absolute atomic E-state index is 11.9. The molecule has 1 atom stereocenters. The Kier molecular flexibility index (Phi) is 3.46. The van der Waals surface area contributed by atoms with E-state index in [0.717, 1.165) is 16.9 Å². The Morgan fingerprint density at radius 3 is 2.53 bits per heavy atom. The molecule has 2 rings (SSSR count). The van der Waals surface area contributed by atoms with Crippen molar-refractivity contribution < 1.29 is 14.3 Å². The zero-order valence-corrected chi connectivity index (χ0v) is 11.6. The van der Waals surface area contributed by atoms with E-state index in [1.165, 1.54) is 9.80 Å². The van der Waals surface area contributed by atoms with E-state index in [1.54, 1.807) is 21.2 Å². The van der Waals surface area contributed by atoms with Crippen molar-refractivity contribution in [1.82, 2.24) is 9.80 Å². The van der Waals surface area contributed by atoms with Gasteiger partial charge in [-0.3, -0.25) is 9.59 Å². The molecular formula is C14H18N2O3. The second kappa shape index (κ2) is 4.91. The first-order chi connectivity index (χ1) is 8.95. The maximum Gasteiger partial charge on any atom is 0.312 e. The Labute approximate surface area is 112 Å². The highest BCUT2D eigenvalue weighted by Crippen LogP contribution is 2.32. The van der Waals surface area contributed by atoms with Crippen LogP contribution >= 0.6 is 0 Å². The number of rotatable bonds is 2. The lowest BCUT2D eigenvalue weighted by molar-refractivity contribution is -0.156. The van der Waals surface area contributed by atoms with E-state index in [9.17, 15) is 9.59 Å². The van der Waals surface area contributed by atoms with Crippen molar-refractivity contribution in [3.63, 3.8) is 0 Å². The number of amides is 2. The Morgan fingerprint density at radius 2 is 1.89 bits per heavy atom. The monoisotopic (exact) mass is 262 g/mol. The number of benzene rings is 1. The minimum Gasteiger partial charge on any atom is -0.496 e. The van der Waals surface area contributed by atoms with Crippen molar-refractivity contribution >= 4 is 11.8 Å². The number of carbonyl (C=O) groups is 2. The van der Waals surface area contributed by atoms with E-state index in [0.29, 0.717) is 6.54 Å². The van der Waals surface area contributed by atoms with Gasteiger partial charge in [-0.25, -0.2) is 0 Å². The van der Waals surface area contributed by atoms with Crippen molar-refractivity contribution in [2.24, 2.45) is 0 Å². The van der Waals surface area contributed by atoms with Gasteiger partial charge in [0.15, 0.2) is 0 Å². The number of nitrogens with zero attached hydrogens (tertiary/aromatic N) is 2. The topological polar surface area (TPSA) is 49.9 Å². The molecule has 0 N–H and O–H groups in total. The summed E-state index contributed by atoms with van der Waals surface area (Å²) in [6, 6.07) is 5.67. The number of carbonyl (C=O) groups excluding carboxylic acids is 2. The van der Waals surface area contributed by atoms with E-state index in [1.807, 2.05) is 25.1 Å². The standard InChI is InChI=1S/C14H18N2O3/c1-9-5-6-12(19-4)10(7-9)11-8-15(2)13(17)14(18)16(11)3/h5-7,11H,8H2,1-4H3. The van der Waals surface area contributed by atoms with Crippen molar-refractivity contribution in [3.05, 3.63) is 29.3 Å². The molecule has 19 heavy (non-hydrogen) atoms. The maximum atomic E-state index is 11.9. The van der Waals surface area contributed by atoms with Crippen molar-refractivity contribution in [2.75, 3.05) is 27.7 Å². The quantitative estimate of drug-likeness (QED) is 0.746. The van der Waals surface area contributed by atoms with Crippen LogP contribution in [0.25, 0.3) is 0 Å². The summed E-state index contributed by atoms with van der Waals surface area (Å²) in [4.78, 5) is 26.5. The number of aryl methyl sites for hydroxylation is 1. The summed E-state index contributed by atoms with van der Waals surface area (Å²) in [6.07, 6.45) is 0. The fourth-order valence-electron chi connectivity index (χ4n) is 2.34. The summed E-state index contributed by atoms with van der Waals surface area (Å²) in [5.74, 6) is -0.217. The fraction of sp³-hybridized carbons (Fsp3) is 0.429. The summed E-state index contributed by atoms with van der Waals surface area (Å²) < 4.78 is 5.36. The van der Waals surface area contributed by atoms with Gasteiger partial charge in [0.1, 0.15) is 5.75 Å². The first-order valence-electron chi connectivity index (χ1n) is 6.12. The summed E-state index contributed by atoms with van der Waals surface area (Å²) in [7, 11) is 4.90. The molecule has 1 aliphatic heterocycles. The molecule has 5 heteroatoms. The van der Waals surface area contributed by atoms with Crippen LogP contribution in [0.4, 0.5) is 0 Å². The molecule has 2 amide bonds. The van der Waals surface area contributed by atoms with Crippen LogP contribution < -0.4 is 4.74 Å². The SMILES string of the molecule is COc1ccc(C)cc1C1CN(C)C(=O)C(=O)N1C. The molecule has 0 radical (unpaired) electrons. The van der Waals surface area contributed by atoms with E-state index in [-0.39, 0.29) is 6.04 Å². The minimum absolute atomic E-state index is 0.176. The largest absolute Gasteiger partial charge is 0.496 e. The first kappa shape index (κ1) is 13.4. The molecule has 0 spiro atoms. The number of hydrogen-bond acceptors (Lipinski definition) is 3. The summed E-state index contributed by atoms with van der Waals surface area (Å²) in [5.41, 5.74) is 2.02. The summed E-state index contributed by atoms with van der Waals surface area (Å²) in [5, 5.41) is 0. The fourth-order valence-corrected chi connectivity index (χ4v) is 2.34. The molecule has 1 fully saturated rings. The molecule has 1 aromatic carbocycles. The van der Waals surface area contributed by atoms with E-state index in [4.69, 9.17) is 4.74 Å². The molecule has 1 unspecified atom stereocenters. The zero-order valence-electron chi connectivity index (χ0n) is 11.6. The average molecular weight is 262 g/mol. The Morgan fingerprint density at radius 1 is 1.21 bits per heavy atom. The van der Waals surface area contributed by atoms with Crippen LogP contribution in [0.15, 0.2) is 18.2 Å². The second-order valence-electron chi connectivity index (χ2n) is 4.86. The van der Waals surface area contributed by atoms with Crippen LogP contribution in [0, 0.1) is 6.92 Å². The van der Waals surface area contributed by atoms with Gasteiger partial charge >= 0.3 is 11.8 Å². The smallest absolute Gasteiger partial charge is 0.312 e. The number of piperazine rings is 1. The summed E-state index contributed by atoms with van der Waals surface area (Å²) in [6.45, 7) is 2.46. The highest BCUT2D eigenvalue weighted by molar-refractivity contribution is 6.35. The Bertz CT molecular complexity index is 527. The van der Waals surface area contributed by atoms with Gasteiger partial charge in [-0.2, -0.15) is 0 Å². The van der Waals surface area contributed by atoms with Gasteiger partial charge in [0.2, 0.25) is 0 Å². The van der Waals surface area contributed by atoms with Gasteiger partial charge < -0.3 is 14.5 Å². The van der Waals surface area contributed by atoms with Gasteiger partial charge in [-0.1, -0.05) is 17.7 Å². The Hall–Kier alpha value is -2.04. The number of likely N-dealkylation sites (N-methyl/N-ethyl adjacent to an activating group) is 2. The van der Waals surface area contributed by atoms with Gasteiger partial charge in [0, 0.05) is 26.2 Å². The lowest BCUT2D eigenvalue weighted by atomic mass is 9.99. The zero-order chi connectivity index (χ0) is 14.2. The molecule has 0 aromatic heterocycles. The molecule has 0 bridgehead atoms. The predicted octanol–water partition coefficient (Wildman–Crippen LogP) is 0.975. The second-order valence-corrected chi connectivity index (χ2v) is 4.86. The van der Waals surface area contributed by atoms with Gasteiger partial charge in [0.05, 0.1) is 13.2 Å². The highest BCUT2D eigenvalue weighted by Gasteiger charge is 2.36. The third-order valence-electron chi connectivity index (χ3n) is 3.51. The van der Waals surface area contributed by atoms with Crippen LogP contribution in [0.3, 0.4) is 0 Å². The van der Waals surface area contributed by atoms with E-state index in [2.05, 4.69) is 0 Å². The lowest BCUT2D eigenvalue weighted by Gasteiger charge is -2.37. The molecular weight excluding hydrogens is 244 g/mol. The lowest BCUT2D eigenvalue weighted by Crippen LogP contribution is -2.52. The van der Waals surface area contributed by atoms with Crippen LogP contribution in [-0.2, 0) is 9.59 Å². The number of hydrogen-bond donors (Lipinski definition) is 0. The molecule has 0 saturated carbocycles. The van der Waals surface area contributed by atoms with Gasteiger partial charge in [-0.05, 0) is 13.0 Å². The normalized spacial score (nSPS) is 19.9. The predicted molar refractivity (Wildman–Crippen MR) is 70.9 cm³/mol. The molecule has 0 aliphatic carbocycles.